The lowest BCUT2D eigenvalue weighted by atomic mass is 10.1. The number of piperazine rings is 1. The van der Waals surface area contributed by atoms with Crippen LogP contribution in [0.4, 0.5) is 11.4 Å². The highest BCUT2D eigenvalue weighted by Gasteiger charge is 2.21. The van der Waals surface area contributed by atoms with Gasteiger partial charge in [-0.3, -0.25) is 4.79 Å². The fourth-order valence-corrected chi connectivity index (χ4v) is 6.08. The number of carbonyl (C=O) groups is 1. The molecule has 0 spiro atoms. The summed E-state index contributed by atoms with van der Waals surface area (Å²) >= 11 is 1.20. The predicted molar refractivity (Wildman–Crippen MR) is 128 cm³/mol. The molecule has 1 aliphatic heterocycles. The molecule has 0 aliphatic carbocycles. The number of rotatable bonds is 9. The molecule has 1 fully saturated rings. The van der Waals surface area contributed by atoms with Gasteiger partial charge in [0.1, 0.15) is 4.21 Å². The van der Waals surface area contributed by atoms with Gasteiger partial charge in [0.2, 0.25) is 5.91 Å². The van der Waals surface area contributed by atoms with E-state index in [0.29, 0.717) is 17.2 Å². The molecule has 7 nitrogen and oxygen atoms in total. The number of carbonyl (C=O) groups excluding carboxylic acids is 1. The zero-order valence-electron chi connectivity index (χ0n) is 18.5. The van der Waals surface area contributed by atoms with E-state index in [1.807, 2.05) is 13.0 Å². The van der Waals surface area contributed by atoms with Gasteiger partial charge in [-0.05, 0) is 55.1 Å². The molecule has 1 aliphatic rings. The third kappa shape index (κ3) is 6.06. The molecule has 0 atom stereocenters. The summed E-state index contributed by atoms with van der Waals surface area (Å²) in [6, 6.07) is 9.46. The van der Waals surface area contributed by atoms with Gasteiger partial charge in [0.05, 0.1) is 0 Å². The van der Waals surface area contributed by atoms with Gasteiger partial charge in [0.15, 0.2) is 0 Å². The largest absolute Gasteiger partial charge is 0.369 e. The van der Waals surface area contributed by atoms with E-state index in [1.54, 1.807) is 24.6 Å². The summed E-state index contributed by atoms with van der Waals surface area (Å²) in [5.41, 5.74) is 3.02. The SMILES string of the molecule is CCN1CCN(c2ccc(NC(=O)CCCN(C)S(=O)(=O)c3cccs3)c(C)c2)CC1. The molecule has 0 radical (unpaired) electrons. The fraction of sp³-hybridized carbons (Fsp3) is 0.500. The number of amides is 1. The van der Waals surface area contributed by atoms with E-state index in [0.717, 1.165) is 44.0 Å². The van der Waals surface area contributed by atoms with E-state index in [-0.39, 0.29) is 12.3 Å². The Morgan fingerprint density at radius 2 is 1.94 bits per heavy atom. The van der Waals surface area contributed by atoms with E-state index < -0.39 is 10.0 Å². The molecule has 1 aromatic heterocycles. The first-order chi connectivity index (χ1) is 14.8. The van der Waals surface area contributed by atoms with Crippen LogP contribution in [0.3, 0.4) is 0 Å². The summed E-state index contributed by atoms with van der Waals surface area (Å²) < 4.78 is 26.5. The number of sulfonamides is 1. The number of nitrogens with zero attached hydrogens (tertiary/aromatic N) is 3. The monoisotopic (exact) mass is 464 g/mol. The highest BCUT2D eigenvalue weighted by molar-refractivity contribution is 7.91. The van der Waals surface area contributed by atoms with Crippen molar-refractivity contribution in [2.24, 2.45) is 0 Å². The fourth-order valence-electron chi connectivity index (χ4n) is 3.67. The van der Waals surface area contributed by atoms with E-state index in [4.69, 9.17) is 0 Å². The summed E-state index contributed by atoms with van der Waals surface area (Å²) in [5, 5.41) is 4.71. The minimum atomic E-state index is -3.47. The smallest absolute Gasteiger partial charge is 0.252 e. The first-order valence-electron chi connectivity index (χ1n) is 10.7. The second-order valence-electron chi connectivity index (χ2n) is 7.83. The number of hydrogen-bond donors (Lipinski definition) is 1. The molecular formula is C22H32N4O3S2. The van der Waals surface area contributed by atoms with Crippen molar-refractivity contribution in [3.05, 3.63) is 41.3 Å². The molecule has 3 rings (SSSR count). The maximum Gasteiger partial charge on any atom is 0.252 e. The zero-order chi connectivity index (χ0) is 22.4. The van der Waals surface area contributed by atoms with Crippen molar-refractivity contribution in [2.75, 3.05) is 56.5 Å². The summed E-state index contributed by atoms with van der Waals surface area (Å²) in [5.74, 6) is -0.102. The second kappa shape index (κ2) is 10.6. The van der Waals surface area contributed by atoms with Crippen LogP contribution in [-0.4, -0.2) is 69.8 Å². The summed E-state index contributed by atoms with van der Waals surface area (Å²) in [7, 11) is -1.92. The Labute approximate surface area is 189 Å². The van der Waals surface area contributed by atoms with Crippen molar-refractivity contribution in [1.29, 1.82) is 0 Å². The quantitative estimate of drug-likeness (QED) is 0.617. The highest BCUT2D eigenvalue weighted by atomic mass is 32.2. The van der Waals surface area contributed by atoms with Gasteiger partial charge in [-0.15, -0.1) is 11.3 Å². The van der Waals surface area contributed by atoms with Crippen molar-refractivity contribution < 1.29 is 13.2 Å². The van der Waals surface area contributed by atoms with E-state index in [9.17, 15) is 13.2 Å². The molecule has 0 saturated carbocycles. The average Bonchev–Trinajstić information content (AvgIpc) is 3.31. The molecule has 1 saturated heterocycles. The van der Waals surface area contributed by atoms with Crippen molar-refractivity contribution in [3.63, 3.8) is 0 Å². The number of thiophene rings is 1. The van der Waals surface area contributed by atoms with Gasteiger partial charge in [-0.25, -0.2) is 12.7 Å². The minimum Gasteiger partial charge on any atom is -0.369 e. The van der Waals surface area contributed by atoms with Crippen LogP contribution in [0.1, 0.15) is 25.3 Å². The van der Waals surface area contributed by atoms with Crippen LogP contribution < -0.4 is 10.2 Å². The minimum absolute atomic E-state index is 0.102. The Hall–Kier alpha value is -1.94. The molecule has 2 aromatic rings. The van der Waals surface area contributed by atoms with Gasteiger partial charge in [0.25, 0.3) is 10.0 Å². The molecule has 1 amide bonds. The first kappa shape index (κ1) is 23.7. The number of anilines is 2. The first-order valence-corrected chi connectivity index (χ1v) is 13.0. The molecule has 0 unspecified atom stereocenters. The third-order valence-corrected chi connectivity index (χ3v) is 8.94. The Morgan fingerprint density at radius 1 is 1.19 bits per heavy atom. The van der Waals surface area contributed by atoms with Crippen LogP contribution >= 0.6 is 11.3 Å². The predicted octanol–water partition coefficient (Wildman–Crippen LogP) is 3.24. The molecule has 31 heavy (non-hydrogen) atoms. The maximum absolute atomic E-state index is 12.4. The Balaban J connectivity index is 1.48. The van der Waals surface area contributed by atoms with Crippen LogP contribution in [0.25, 0.3) is 0 Å². The number of likely N-dealkylation sites (N-methyl/N-ethyl adjacent to an activating group) is 1. The lowest BCUT2D eigenvalue weighted by molar-refractivity contribution is -0.116. The second-order valence-corrected chi connectivity index (χ2v) is 11.1. The van der Waals surface area contributed by atoms with Crippen LogP contribution in [0.15, 0.2) is 39.9 Å². The van der Waals surface area contributed by atoms with Gasteiger partial charge >= 0.3 is 0 Å². The van der Waals surface area contributed by atoms with Crippen LogP contribution in [0.5, 0.6) is 0 Å². The van der Waals surface area contributed by atoms with Crippen LogP contribution in [0.2, 0.25) is 0 Å². The number of benzene rings is 1. The normalized spacial score (nSPS) is 15.4. The van der Waals surface area contributed by atoms with E-state index in [2.05, 4.69) is 34.2 Å². The third-order valence-electron chi connectivity index (χ3n) is 5.71. The van der Waals surface area contributed by atoms with Gasteiger partial charge in [-0.1, -0.05) is 13.0 Å². The van der Waals surface area contributed by atoms with Crippen molar-refractivity contribution in [3.8, 4) is 0 Å². The lowest BCUT2D eigenvalue weighted by Crippen LogP contribution is -2.46. The number of aryl methyl sites for hydroxylation is 1. The molecule has 2 heterocycles. The standard InChI is InChI=1S/C22H32N4O3S2/c1-4-25-12-14-26(15-13-25)19-9-10-20(18(2)17-19)23-21(27)7-5-11-24(3)31(28,29)22-8-6-16-30-22/h6,8-10,16-17H,4-5,7,11-15H2,1-3H3,(H,23,27). The van der Waals surface area contributed by atoms with E-state index >= 15 is 0 Å². The van der Waals surface area contributed by atoms with Gasteiger partial charge < -0.3 is 15.1 Å². The zero-order valence-corrected chi connectivity index (χ0v) is 20.1. The molecular weight excluding hydrogens is 432 g/mol. The van der Waals surface area contributed by atoms with Gasteiger partial charge in [0, 0.05) is 57.6 Å². The maximum atomic E-state index is 12.4. The van der Waals surface area contributed by atoms with Crippen LogP contribution in [-0.2, 0) is 14.8 Å². The Bertz CT molecular complexity index is 969. The van der Waals surface area contributed by atoms with Crippen LogP contribution in [0, 0.1) is 6.92 Å². The molecule has 170 valence electrons. The summed E-state index contributed by atoms with van der Waals surface area (Å²) in [4.78, 5) is 17.2. The summed E-state index contributed by atoms with van der Waals surface area (Å²) in [6.07, 6.45) is 0.732. The summed E-state index contributed by atoms with van der Waals surface area (Å²) in [6.45, 7) is 9.76. The lowest BCUT2D eigenvalue weighted by Gasteiger charge is -2.35. The molecule has 0 bridgehead atoms. The number of nitrogens with one attached hydrogen (secondary N) is 1. The van der Waals surface area contributed by atoms with Crippen molar-refractivity contribution in [2.45, 2.75) is 30.9 Å². The Morgan fingerprint density at radius 3 is 2.55 bits per heavy atom. The molecule has 9 heteroatoms. The van der Waals surface area contributed by atoms with Gasteiger partial charge in [-0.2, -0.15) is 0 Å². The average molecular weight is 465 g/mol. The molecule has 1 N–H and O–H groups in total. The van der Waals surface area contributed by atoms with Crippen molar-refractivity contribution >= 4 is 38.6 Å². The topological polar surface area (TPSA) is 73.0 Å². The molecule has 1 aromatic carbocycles. The number of hydrogen-bond acceptors (Lipinski definition) is 6. The van der Waals surface area contributed by atoms with E-state index in [1.165, 1.54) is 21.3 Å². The Kier molecular flexibility index (Phi) is 8.10. The van der Waals surface area contributed by atoms with Crippen molar-refractivity contribution in [1.82, 2.24) is 9.21 Å². The highest BCUT2D eigenvalue weighted by Crippen LogP contribution is 2.24.